The van der Waals surface area contributed by atoms with Gasteiger partial charge in [0.25, 0.3) is 0 Å². The van der Waals surface area contributed by atoms with Crippen LogP contribution in [0.1, 0.15) is 271 Å². The predicted octanol–water partition coefficient (Wildman–Crippen LogP) is 14.6. The van der Waals surface area contributed by atoms with Crippen LogP contribution in [0.25, 0.3) is 0 Å². The number of aliphatic carboxylic acids is 1. The molecule has 0 saturated heterocycles. The van der Waals surface area contributed by atoms with E-state index in [-0.39, 0.29) is 18.0 Å². The van der Waals surface area contributed by atoms with Crippen LogP contribution < -0.4 is 11.1 Å². The molecule has 0 bridgehead atoms. The van der Waals surface area contributed by atoms with Crippen LogP contribution in [0.3, 0.4) is 0 Å². The van der Waals surface area contributed by atoms with Gasteiger partial charge in [0.2, 0.25) is 5.91 Å². The number of hydrogen-bond donors (Lipinski definition) is 3. The highest BCUT2D eigenvalue weighted by atomic mass is 16.5. The summed E-state index contributed by atoms with van der Waals surface area (Å²) in [5, 5.41) is 11.9. The summed E-state index contributed by atoms with van der Waals surface area (Å²) in [6, 6.07) is -0.851. The molecule has 0 fully saturated rings. The van der Waals surface area contributed by atoms with Gasteiger partial charge in [-0.1, -0.05) is 213 Å². The van der Waals surface area contributed by atoms with Crippen molar-refractivity contribution in [3.63, 3.8) is 0 Å². The lowest BCUT2D eigenvalue weighted by atomic mass is 10.0. The van der Waals surface area contributed by atoms with E-state index in [1.54, 1.807) is 0 Å². The van der Waals surface area contributed by atoms with E-state index in [0.717, 1.165) is 64.2 Å². The van der Waals surface area contributed by atoms with E-state index in [1.807, 2.05) is 0 Å². The second-order valence-corrected chi connectivity index (χ2v) is 17.2. The van der Waals surface area contributed by atoms with Crippen LogP contribution in [0.2, 0.25) is 0 Å². The summed E-state index contributed by atoms with van der Waals surface area (Å²) in [7, 11) is 0. The molecule has 0 aromatic rings. The van der Waals surface area contributed by atoms with Crippen LogP contribution in [-0.4, -0.2) is 41.6 Å². The summed E-state index contributed by atoms with van der Waals surface area (Å²) in [4.78, 5) is 36.4. The molecule has 4 N–H and O–H groups in total. The molecule has 7 heteroatoms. The lowest BCUT2D eigenvalue weighted by molar-refractivity contribution is -0.147. The molecule has 7 nitrogen and oxygen atoms in total. The Balaban J connectivity index is 4.11. The number of esters is 1. The van der Waals surface area contributed by atoms with E-state index in [4.69, 9.17) is 10.5 Å². The number of carboxylic acid groups (broad SMARTS) is 1. The van der Waals surface area contributed by atoms with Crippen LogP contribution in [0.4, 0.5) is 0 Å². The van der Waals surface area contributed by atoms with Gasteiger partial charge in [0.1, 0.15) is 12.1 Å². The number of carbonyl (C=O) groups is 3. The monoisotopic (exact) mass is 805 g/mol. The van der Waals surface area contributed by atoms with Gasteiger partial charge in [-0.15, -0.1) is 0 Å². The van der Waals surface area contributed by atoms with Crippen molar-refractivity contribution in [3.05, 3.63) is 12.2 Å². The Bertz CT molecular complexity index is 909. The fraction of sp³-hybridized carbons (Fsp3) is 0.900. The zero-order chi connectivity index (χ0) is 41.7. The number of amides is 1. The van der Waals surface area contributed by atoms with Gasteiger partial charge in [-0.25, -0.2) is 4.79 Å². The second-order valence-electron chi connectivity index (χ2n) is 17.2. The Morgan fingerprint density at radius 3 is 1.32 bits per heavy atom. The Morgan fingerprint density at radius 1 is 0.509 bits per heavy atom. The summed E-state index contributed by atoms with van der Waals surface area (Å²) < 4.78 is 5.99. The number of carboxylic acids is 1. The highest BCUT2D eigenvalue weighted by Crippen LogP contribution is 2.18. The number of nitrogens with one attached hydrogen (secondary N) is 1. The Kier molecular flexibility index (Phi) is 43.7. The minimum atomic E-state index is -1.00. The van der Waals surface area contributed by atoms with Gasteiger partial charge in [-0.3, -0.25) is 9.59 Å². The molecular weight excluding hydrogens is 709 g/mol. The maximum atomic E-state index is 12.8. The van der Waals surface area contributed by atoms with E-state index >= 15 is 0 Å². The smallest absolute Gasteiger partial charge is 0.326 e. The van der Waals surface area contributed by atoms with Crippen molar-refractivity contribution in [2.24, 2.45) is 5.73 Å². The molecule has 2 atom stereocenters. The number of carbonyl (C=O) groups excluding carboxylic acids is 2. The first-order chi connectivity index (χ1) is 27.9. The molecule has 0 rings (SSSR count). The van der Waals surface area contributed by atoms with Crippen molar-refractivity contribution in [3.8, 4) is 0 Å². The Hall–Kier alpha value is -1.89. The zero-order valence-corrected chi connectivity index (χ0v) is 38.0. The van der Waals surface area contributed by atoms with Gasteiger partial charge >= 0.3 is 11.9 Å². The quantitative estimate of drug-likeness (QED) is 0.0320. The van der Waals surface area contributed by atoms with Gasteiger partial charge in [-0.2, -0.15) is 0 Å². The lowest BCUT2D eigenvalue weighted by Crippen LogP contribution is -2.40. The number of hydrogen-bond acceptors (Lipinski definition) is 5. The fourth-order valence-corrected chi connectivity index (χ4v) is 7.77. The average Bonchev–Trinajstić information content (AvgIpc) is 3.20. The molecule has 0 radical (unpaired) electrons. The van der Waals surface area contributed by atoms with Gasteiger partial charge in [-0.05, 0) is 64.0 Å². The number of ether oxygens (including phenoxy) is 1. The molecule has 57 heavy (non-hydrogen) atoms. The summed E-state index contributed by atoms with van der Waals surface area (Å²) in [5.41, 5.74) is 5.48. The third-order valence-corrected chi connectivity index (χ3v) is 11.6. The van der Waals surface area contributed by atoms with Crippen molar-refractivity contribution in [2.75, 3.05) is 6.54 Å². The van der Waals surface area contributed by atoms with Crippen molar-refractivity contribution in [2.45, 2.75) is 283 Å². The molecule has 2 unspecified atom stereocenters. The molecule has 0 aromatic carbocycles. The lowest BCUT2D eigenvalue weighted by Gasteiger charge is -2.15. The van der Waals surface area contributed by atoms with Crippen LogP contribution in [-0.2, 0) is 19.1 Å². The van der Waals surface area contributed by atoms with E-state index in [1.165, 1.54) is 167 Å². The molecule has 0 spiro atoms. The first kappa shape index (κ1) is 55.1. The summed E-state index contributed by atoms with van der Waals surface area (Å²) >= 11 is 0. The van der Waals surface area contributed by atoms with Crippen molar-refractivity contribution >= 4 is 17.8 Å². The summed E-state index contributed by atoms with van der Waals surface area (Å²) in [6.45, 7) is 4.96. The number of unbranched alkanes of at least 4 members (excludes halogenated alkanes) is 32. The molecular formula is C50H96N2O5. The third kappa shape index (κ3) is 42.1. The molecule has 0 heterocycles. The van der Waals surface area contributed by atoms with E-state index in [9.17, 15) is 19.5 Å². The minimum Gasteiger partial charge on any atom is -0.480 e. The van der Waals surface area contributed by atoms with Crippen LogP contribution >= 0.6 is 0 Å². The van der Waals surface area contributed by atoms with Crippen LogP contribution in [0, 0.1) is 0 Å². The van der Waals surface area contributed by atoms with Gasteiger partial charge in [0, 0.05) is 12.8 Å². The third-order valence-electron chi connectivity index (χ3n) is 11.6. The predicted molar refractivity (Wildman–Crippen MR) is 244 cm³/mol. The molecule has 0 saturated carbocycles. The Labute approximate surface area is 353 Å². The minimum absolute atomic E-state index is 0.0511. The molecule has 0 aliphatic heterocycles. The normalized spacial score (nSPS) is 12.6. The average molecular weight is 805 g/mol. The molecule has 0 aliphatic rings. The summed E-state index contributed by atoms with van der Waals surface area (Å²) in [5.74, 6) is -1.25. The highest BCUT2D eigenvalue weighted by molar-refractivity contribution is 5.83. The second kappa shape index (κ2) is 45.2. The summed E-state index contributed by atoms with van der Waals surface area (Å²) in [6.07, 6.45) is 51.5. The number of allylic oxidation sites excluding steroid dienone is 1. The topological polar surface area (TPSA) is 119 Å². The SMILES string of the molecule is CCCCCCCCC/C=C\C(CCCCCCCCC(=O)NC(CCCN)C(=O)O)OC(=O)CCCCCCCCCCCCCCCCCCCCCCC. The van der Waals surface area contributed by atoms with E-state index in [0.29, 0.717) is 32.2 Å². The van der Waals surface area contributed by atoms with Crippen molar-refractivity contribution in [1.29, 1.82) is 0 Å². The zero-order valence-electron chi connectivity index (χ0n) is 38.0. The van der Waals surface area contributed by atoms with E-state index < -0.39 is 12.0 Å². The van der Waals surface area contributed by atoms with Gasteiger partial charge in [0.05, 0.1) is 0 Å². The van der Waals surface area contributed by atoms with E-state index in [2.05, 4.69) is 31.3 Å². The van der Waals surface area contributed by atoms with Crippen LogP contribution in [0.15, 0.2) is 12.2 Å². The van der Waals surface area contributed by atoms with Crippen molar-refractivity contribution < 1.29 is 24.2 Å². The molecule has 1 amide bonds. The van der Waals surface area contributed by atoms with Gasteiger partial charge in [0.15, 0.2) is 0 Å². The number of rotatable bonds is 46. The fourth-order valence-electron chi connectivity index (χ4n) is 7.77. The standard InChI is InChI=1S/C50H96N2O5/c1-3-5-7-9-11-13-14-15-16-17-18-19-20-21-22-23-24-26-28-34-38-44-49(54)57-46(40-35-31-27-25-12-10-8-6-4-2)41-36-32-29-30-33-37-43-48(53)52-47(50(55)56)42-39-45-51/h35,40,46-47H,3-34,36-39,41-45,51H2,1-2H3,(H,52,53)(H,55,56)/b40-35-. The number of nitrogens with two attached hydrogens (primary N) is 1. The molecule has 336 valence electrons. The van der Waals surface area contributed by atoms with Crippen LogP contribution in [0.5, 0.6) is 0 Å². The molecule has 0 aliphatic carbocycles. The largest absolute Gasteiger partial charge is 0.480 e. The maximum absolute atomic E-state index is 12.8. The first-order valence-corrected chi connectivity index (χ1v) is 25.0. The van der Waals surface area contributed by atoms with Gasteiger partial charge < -0.3 is 20.9 Å². The highest BCUT2D eigenvalue weighted by Gasteiger charge is 2.19. The Morgan fingerprint density at radius 2 is 0.895 bits per heavy atom. The maximum Gasteiger partial charge on any atom is 0.326 e. The first-order valence-electron chi connectivity index (χ1n) is 25.0. The van der Waals surface area contributed by atoms with Crippen molar-refractivity contribution in [1.82, 2.24) is 5.32 Å². The molecule has 0 aromatic heterocycles.